The predicted molar refractivity (Wildman–Crippen MR) is 56.3 cm³/mol. The molecule has 0 bridgehead atoms. The van der Waals surface area contributed by atoms with E-state index in [0.29, 0.717) is 6.42 Å². The molecule has 1 amide bonds. The Hall–Kier alpha value is -0.530. The van der Waals surface area contributed by atoms with E-state index < -0.39 is 0 Å². The Morgan fingerprint density at radius 3 is 2.23 bits per heavy atom. The third kappa shape index (κ3) is 5.67. The normalized spacial score (nSPS) is 13.2. The summed E-state index contributed by atoms with van der Waals surface area (Å²) in [6.45, 7) is 6.75. The molecule has 78 valence electrons. The molecule has 1 unspecified atom stereocenters. The van der Waals surface area contributed by atoms with Gasteiger partial charge in [-0.25, -0.2) is 0 Å². The molecule has 2 N–H and O–H groups in total. The number of primary amides is 1. The van der Waals surface area contributed by atoms with Gasteiger partial charge in [-0.1, -0.05) is 33.6 Å². The van der Waals surface area contributed by atoms with Crippen molar-refractivity contribution in [1.29, 1.82) is 0 Å². The van der Waals surface area contributed by atoms with Gasteiger partial charge in [0.2, 0.25) is 5.91 Å². The fourth-order valence-electron chi connectivity index (χ4n) is 1.93. The second-order valence-electron chi connectivity index (χ2n) is 3.91. The van der Waals surface area contributed by atoms with Gasteiger partial charge in [0, 0.05) is 6.42 Å². The molecule has 2 nitrogen and oxygen atoms in total. The fraction of sp³-hybridized carbons (Fsp3) is 0.909. The lowest BCUT2D eigenvalue weighted by Crippen LogP contribution is -2.13. The maximum atomic E-state index is 10.5. The van der Waals surface area contributed by atoms with Crippen LogP contribution in [0.25, 0.3) is 0 Å². The molecule has 0 aromatic heterocycles. The van der Waals surface area contributed by atoms with Crippen molar-refractivity contribution in [2.75, 3.05) is 0 Å². The highest BCUT2D eigenvalue weighted by Gasteiger charge is 2.12. The second kappa shape index (κ2) is 6.93. The Morgan fingerprint density at radius 2 is 1.85 bits per heavy atom. The van der Waals surface area contributed by atoms with Gasteiger partial charge >= 0.3 is 0 Å². The zero-order chi connectivity index (χ0) is 10.3. The summed E-state index contributed by atoms with van der Waals surface area (Å²) >= 11 is 0. The molecule has 2 heteroatoms. The van der Waals surface area contributed by atoms with Crippen LogP contribution in [-0.2, 0) is 4.79 Å². The Bertz CT molecular complexity index is 141. The summed E-state index contributed by atoms with van der Waals surface area (Å²) < 4.78 is 0. The number of hydrogen-bond acceptors (Lipinski definition) is 1. The Labute approximate surface area is 81.9 Å². The van der Waals surface area contributed by atoms with Gasteiger partial charge in [0.1, 0.15) is 0 Å². The first-order chi connectivity index (χ1) is 6.11. The SMILES string of the molecule is CCC(CC)C(C)CCCC(N)=O. The van der Waals surface area contributed by atoms with Gasteiger partial charge in [-0.2, -0.15) is 0 Å². The van der Waals surface area contributed by atoms with Crippen molar-refractivity contribution >= 4 is 5.91 Å². The van der Waals surface area contributed by atoms with E-state index in [1.54, 1.807) is 0 Å². The van der Waals surface area contributed by atoms with Crippen LogP contribution in [0.4, 0.5) is 0 Å². The molecule has 0 saturated heterocycles. The summed E-state index contributed by atoms with van der Waals surface area (Å²) in [6, 6.07) is 0. The Balaban J connectivity index is 3.59. The van der Waals surface area contributed by atoms with E-state index in [2.05, 4.69) is 20.8 Å². The van der Waals surface area contributed by atoms with Crippen LogP contribution in [0.2, 0.25) is 0 Å². The van der Waals surface area contributed by atoms with Crippen LogP contribution in [0, 0.1) is 11.8 Å². The molecule has 0 spiro atoms. The van der Waals surface area contributed by atoms with Crippen molar-refractivity contribution in [2.24, 2.45) is 17.6 Å². The van der Waals surface area contributed by atoms with Gasteiger partial charge in [0.25, 0.3) is 0 Å². The first kappa shape index (κ1) is 12.5. The Morgan fingerprint density at radius 1 is 1.31 bits per heavy atom. The van der Waals surface area contributed by atoms with Gasteiger partial charge in [0.15, 0.2) is 0 Å². The largest absolute Gasteiger partial charge is 0.370 e. The number of amides is 1. The molecule has 0 rings (SSSR count). The zero-order valence-electron chi connectivity index (χ0n) is 9.18. The van der Waals surface area contributed by atoms with Crippen LogP contribution in [-0.4, -0.2) is 5.91 Å². The maximum absolute atomic E-state index is 10.5. The van der Waals surface area contributed by atoms with Crippen LogP contribution in [0.3, 0.4) is 0 Å². The van der Waals surface area contributed by atoms with Crippen LogP contribution in [0.15, 0.2) is 0 Å². The molecule has 0 aromatic rings. The molecular formula is C11H23NO. The van der Waals surface area contributed by atoms with Crippen molar-refractivity contribution in [1.82, 2.24) is 0 Å². The average Bonchev–Trinajstić information content (AvgIpc) is 2.05. The lowest BCUT2D eigenvalue weighted by Gasteiger charge is -2.20. The lowest BCUT2D eigenvalue weighted by atomic mass is 9.86. The highest BCUT2D eigenvalue weighted by atomic mass is 16.1. The van der Waals surface area contributed by atoms with E-state index in [1.165, 1.54) is 12.8 Å². The van der Waals surface area contributed by atoms with Crippen LogP contribution in [0.5, 0.6) is 0 Å². The number of hydrogen-bond donors (Lipinski definition) is 1. The molecule has 1 atom stereocenters. The molecule has 0 heterocycles. The highest BCUT2D eigenvalue weighted by molar-refractivity contribution is 5.73. The zero-order valence-corrected chi connectivity index (χ0v) is 9.18. The minimum absolute atomic E-state index is 0.170. The van der Waals surface area contributed by atoms with Crippen molar-refractivity contribution in [3.05, 3.63) is 0 Å². The molecule has 0 saturated carbocycles. The molecule has 0 aliphatic carbocycles. The second-order valence-corrected chi connectivity index (χ2v) is 3.91. The van der Waals surface area contributed by atoms with Crippen LogP contribution >= 0.6 is 0 Å². The summed E-state index contributed by atoms with van der Waals surface area (Å²) in [5.74, 6) is 1.37. The number of carbonyl (C=O) groups excluding carboxylic acids is 1. The van der Waals surface area contributed by atoms with E-state index in [1.807, 2.05) is 0 Å². The molecule has 0 aliphatic rings. The third-order valence-corrected chi connectivity index (χ3v) is 2.94. The van der Waals surface area contributed by atoms with Gasteiger partial charge in [0.05, 0.1) is 0 Å². The monoisotopic (exact) mass is 185 g/mol. The van der Waals surface area contributed by atoms with Crippen LogP contribution in [0.1, 0.15) is 52.9 Å². The number of nitrogens with two attached hydrogens (primary N) is 1. The summed E-state index contributed by atoms with van der Waals surface area (Å²) in [7, 11) is 0. The Kier molecular flexibility index (Phi) is 6.65. The van der Waals surface area contributed by atoms with Crippen molar-refractivity contribution in [3.8, 4) is 0 Å². The minimum Gasteiger partial charge on any atom is -0.370 e. The van der Waals surface area contributed by atoms with E-state index in [0.717, 1.165) is 24.7 Å². The topological polar surface area (TPSA) is 43.1 Å². The van der Waals surface area contributed by atoms with Gasteiger partial charge < -0.3 is 5.73 Å². The van der Waals surface area contributed by atoms with E-state index in [-0.39, 0.29) is 5.91 Å². The molecule has 13 heavy (non-hydrogen) atoms. The summed E-state index contributed by atoms with van der Waals surface area (Å²) in [5, 5.41) is 0. The van der Waals surface area contributed by atoms with E-state index >= 15 is 0 Å². The average molecular weight is 185 g/mol. The van der Waals surface area contributed by atoms with Crippen molar-refractivity contribution in [2.45, 2.75) is 52.9 Å². The molecular weight excluding hydrogens is 162 g/mol. The van der Waals surface area contributed by atoms with Crippen LogP contribution < -0.4 is 5.73 Å². The maximum Gasteiger partial charge on any atom is 0.217 e. The minimum atomic E-state index is -0.170. The number of carbonyl (C=O) groups is 1. The highest BCUT2D eigenvalue weighted by Crippen LogP contribution is 2.23. The van der Waals surface area contributed by atoms with Gasteiger partial charge in [-0.3, -0.25) is 4.79 Å². The van der Waals surface area contributed by atoms with Gasteiger partial charge in [-0.05, 0) is 24.7 Å². The van der Waals surface area contributed by atoms with Crippen molar-refractivity contribution in [3.63, 3.8) is 0 Å². The lowest BCUT2D eigenvalue weighted by molar-refractivity contribution is -0.118. The van der Waals surface area contributed by atoms with E-state index in [9.17, 15) is 4.79 Å². The fourth-order valence-corrected chi connectivity index (χ4v) is 1.93. The quantitative estimate of drug-likeness (QED) is 0.651. The smallest absolute Gasteiger partial charge is 0.217 e. The standard InChI is InChI=1S/C11H23NO/c1-4-10(5-2)9(3)7-6-8-11(12)13/h9-10H,4-8H2,1-3H3,(H2,12,13). The first-order valence-corrected chi connectivity index (χ1v) is 5.40. The molecule has 0 aromatic carbocycles. The first-order valence-electron chi connectivity index (χ1n) is 5.40. The number of rotatable bonds is 7. The third-order valence-electron chi connectivity index (χ3n) is 2.94. The summed E-state index contributed by atoms with van der Waals surface area (Å²) in [4.78, 5) is 10.5. The van der Waals surface area contributed by atoms with Crippen molar-refractivity contribution < 1.29 is 4.79 Å². The van der Waals surface area contributed by atoms with E-state index in [4.69, 9.17) is 5.73 Å². The van der Waals surface area contributed by atoms with Gasteiger partial charge in [-0.15, -0.1) is 0 Å². The predicted octanol–water partition coefficient (Wildman–Crippen LogP) is 2.71. The molecule has 0 radical (unpaired) electrons. The molecule has 0 fully saturated rings. The summed E-state index contributed by atoms with van der Waals surface area (Å²) in [6.07, 6.45) is 5.12. The summed E-state index contributed by atoms with van der Waals surface area (Å²) in [5.41, 5.74) is 5.08. The molecule has 0 aliphatic heterocycles.